The quantitative estimate of drug-likeness (QED) is 0.874. The van der Waals surface area contributed by atoms with Gasteiger partial charge in [-0.1, -0.05) is 36.7 Å². The van der Waals surface area contributed by atoms with Gasteiger partial charge < -0.3 is 5.32 Å². The van der Waals surface area contributed by atoms with E-state index in [2.05, 4.69) is 36.7 Å². The van der Waals surface area contributed by atoms with Crippen molar-refractivity contribution in [3.05, 3.63) is 34.2 Å². The van der Waals surface area contributed by atoms with Crippen LogP contribution in [-0.4, -0.2) is 18.1 Å². The molecule has 1 aromatic heterocycles. The first-order chi connectivity index (χ1) is 8.22. The SMILES string of the molecule is CSC(C)CNCc1sc2ccccc2c1Cl. The maximum absolute atomic E-state index is 6.37. The number of hydrogen-bond acceptors (Lipinski definition) is 3. The molecule has 1 aromatic carbocycles. The highest BCUT2D eigenvalue weighted by Crippen LogP contribution is 2.34. The van der Waals surface area contributed by atoms with Crippen LogP contribution in [0.3, 0.4) is 0 Å². The van der Waals surface area contributed by atoms with E-state index in [0.717, 1.165) is 18.1 Å². The molecule has 1 nitrogen and oxygen atoms in total. The van der Waals surface area contributed by atoms with Crippen molar-refractivity contribution < 1.29 is 0 Å². The molecule has 2 rings (SSSR count). The highest BCUT2D eigenvalue weighted by molar-refractivity contribution is 7.99. The highest BCUT2D eigenvalue weighted by Gasteiger charge is 2.09. The molecular weight excluding hydrogens is 270 g/mol. The summed E-state index contributed by atoms with van der Waals surface area (Å²) in [6.45, 7) is 4.11. The summed E-state index contributed by atoms with van der Waals surface area (Å²) in [6, 6.07) is 8.30. The fourth-order valence-corrected chi connectivity index (χ4v) is 3.40. The molecule has 0 spiro atoms. The lowest BCUT2D eigenvalue weighted by atomic mass is 10.2. The fraction of sp³-hybridized carbons (Fsp3) is 0.385. The number of halogens is 1. The zero-order valence-electron chi connectivity index (χ0n) is 10.00. The first-order valence-electron chi connectivity index (χ1n) is 5.61. The average molecular weight is 286 g/mol. The minimum absolute atomic E-state index is 0.642. The lowest BCUT2D eigenvalue weighted by Crippen LogP contribution is -2.21. The van der Waals surface area contributed by atoms with Crippen LogP contribution in [-0.2, 0) is 6.54 Å². The summed E-state index contributed by atoms with van der Waals surface area (Å²) in [5, 5.41) is 6.19. The number of fused-ring (bicyclic) bond motifs is 1. The Labute approximate surface area is 116 Å². The second-order valence-electron chi connectivity index (χ2n) is 4.01. The Kier molecular flexibility index (Phi) is 4.74. The number of thiophene rings is 1. The van der Waals surface area contributed by atoms with Crippen LogP contribution in [0.2, 0.25) is 5.02 Å². The van der Waals surface area contributed by atoms with E-state index in [1.54, 1.807) is 11.3 Å². The van der Waals surface area contributed by atoms with E-state index in [1.807, 2.05) is 17.8 Å². The number of benzene rings is 1. The Bertz CT molecular complexity index is 495. The molecule has 92 valence electrons. The van der Waals surface area contributed by atoms with Gasteiger partial charge in [0.05, 0.1) is 5.02 Å². The summed E-state index contributed by atoms with van der Waals surface area (Å²) in [6.07, 6.45) is 2.14. The first-order valence-corrected chi connectivity index (χ1v) is 8.10. The molecule has 0 aliphatic heterocycles. The van der Waals surface area contributed by atoms with Gasteiger partial charge in [0.1, 0.15) is 0 Å². The second kappa shape index (κ2) is 6.10. The van der Waals surface area contributed by atoms with Crippen LogP contribution in [0.5, 0.6) is 0 Å². The molecule has 1 N–H and O–H groups in total. The average Bonchev–Trinajstić information content (AvgIpc) is 2.67. The van der Waals surface area contributed by atoms with Crippen molar-refractivity contribution >= 4 is 44.8 Å². The summed E-state index contributed by atoms with van der Waals surface area (Å²) >= 11 is 10.0. The summed E-state index contributed by atoms with van der Waals surface area (Å²) in [7, 11) is 0. The number of hydrogen-bond donors (Lipinski definition) is 1. The van der Waals surface area contributed by atoms with E-state index >= 15 is 0 Å². The third-order valence-corrected chi connectivity index (χ3v) is 5.41. The smallest absolute Gasteiger partial charge is 0.0636 e. The maximum atomic E-state index is 6.37. The second-order valence-corrected chi connectivity index (χ2v) is 6.80. The molecule has 0 fully saturated rings. The van der Waals surface area contributed by atoms with Crippen LogP contribution in [0.15, 0.2) is 24.3 Å². The monoisotopic (exact) mass is 285 g/mol. The molecule has 0 saturated heterocycles. The molecule has 1 atom stereocenters. The van der Waals surface area contributed by atoms with Crippen LogP contribution in [0, 0.1) is 0 Å². The van der Waals surface area contributed by atoms with E-state index in [-0.39, 0.29) is 0 Å². The van der Waals surface area contributed by atoms with Gasteiger partial charge in [-0.2, -0.15) is 11.8 Å². The molecule has 0 aliphatic rings. The molecule has 0 aliphatic carbocycles. The summed E-state index contributed by atoms with van der Waals surface area (Å²) in [4.78, 5) is 1.24. The van der Waals surface area contributed by atoms with Crippen LogP contribution in [0.4, 0.5) is 0 Å². The maximum Gasteiger partial charge on any atom is 0.0636 e. The van der Waals surface area contributed by atoms with Gasteiger partial charge in [0.2, 0.25) is 0 Å². The molecule has 4 heteroatoms. The molecule has 1 heterocycles. The molecular formula is C13H16ClNS2. The van der Waals surface area contributed by atoms with Gasteiger partial charge in [0, 0.05) is 33.3 Å². The number of rotatable bonds is 5. The van der Waals surface area contributed by atoms with Gasteiger partial charge in [-0.25, -0.2) is 0 Å². The zero-order valence-corrected chi connectivity index (χ0v) is 12.4. The largest absolute Gasteiger partial charge is 0.311 e. The summed E-state index contributed by atoms with van der Waals surface area (Å²) in [5.74, 6) is 0. The molecule has 0 amide bonds. The lowest BCUT2D eigenvalue weighted by molar-refractivity contribution is 0.691. The Hall–Kier alpha value is -0.220. The van der Waals surface area contributed by atoms with Gasteiger partial charge in [0.25, 0.3) is 0 Å². The van der Waals surface area contributed by atoms with Gasteiger partial charge in [-0.05, 0) is 12.3 Å². The van der Waals surface area contributed by atoms with E-state index in [9.17, 15) is 0 Å². The van der Waals surface area contributed by atoms with Crippen molar-refractivity contribution in [3.8, 4) is 0 Å². The van der Waals surface area contributed by atoms with Crippen molar-refractivity contribution in [2.45, 2.75) is 18.7 Å². The normalized spacial score (nSPS) is 13.1. The number of thioether (sulfide) groups is 1. The minimum Gasteiger partial charge on any atom is -0.311 e. The lowest BCUT2D eigenvalue weighted by Gasteiger charge is -2.08. The van der Waals surface area contributed by atoms with Crippen molar-refractivity contribution in [2.75, 3.05) is 12.8 Å². The van der Waals surface area contributed by atoms with Gasteiger partial charge in [-0.3, -0.25) is 0 Å². The first kappa shape index (κ1) is 13.2. The Balaban J connectivity index is 2.06. The van der Waals surface area contributed by atoms with Gasteiger partial charge >= 0.3 is 0 Å². The molecule has 0 bridgehead atoms. The molecule has 1 unspecified atom stereocenters. The fourth-order valence-electron chi connectivity index (χ4n) is 1.65. The standard InChI is InChI=1S/C13H16ClNS2/c1-9(16-2)7-15-8-12-13(14)10-5-3-4-6-11(10)17-12/h3-6,9,15H,7-8H2,1-2H3. The Morgan fingerprint density at radius 2 is 2.18 bits per heavy atom. The third-order valence-electron chi connectivity index (χ3n) is 2.72. The summed E-state index contributed by atoms with van der Waals surface area (Å²) < 4.78 is 1.27. The van der Waals surface area contributed by atoms with Gasteiger partial charge in [0.15, 0.2) is 0 Å². The predicted molar refractivity (Wildman–Crippen MR) is 81.5 cm³/mol. The predicted octanol–water partition coefficient (Wildman–Crippen LogP) is 4.40. The zero-order chi connectivity index (χ0) is 12.3. The van der Waals surface area contributed by atoms with Crippen molar-refractivity contribution in [2.24, 2.45) is 0 Å². The minimum atomic E-state index is 0.642. The highest BCUT2D eigenvalue weighted by atomic mass is 35.5. The number of nitrogens with one attached hydrogen (secondary N) is 1. The van der Waals surface area contributed by atoms with Crippen LogP contribution >= 0.6 is 34.7 Å². The van der Waals surface area contributed by atoms with Crippen molar-refractivity contribution in [1.29, 1.82) is 0 Å². The van der Waals surface area contributed by atoms with E-state index in [1.165, 1.54) is 15.0 Å². The van der Waals surface area contributed by atoms with E-state index in [4.69, 9.17) is 11.6 Å². The van der Waals surface area contributed by atoms with E-state index < -0.39 is 0 Å². The van der Waals surface area contributed by atoms with Crippen molar-refractivity contribution in [3.63, 3.8) is 0 Å². The van der Waals surface area contributed by atoms with Crippen LogP contribution < -0.4 is 5.32 Å². The molecule has 2 aromatic rings. The third kappa shape index (κ3) is 3.16. The van der Waals surface area contributed by atoms with E-state index in [0.29, 0.717) is 5.25 Å². The Morgan fingerprint density at radius 3 is 2.88 bits per heavy atom. The molecule has 17 heavy (non-hydrogen) atoms. The molecule has 0 radical (unpaired) electrons. The van der Waals surface area contributed by atoms with Crippen LogP contribution in [0.1, 0.15) is 11.8 Å². The summed E-state index contributed by atoms with van der Waals surface area (Å²) in [5.41, 5.74) is 0. The van der Waals surface area contributed by atoms with Crippen molar-refractivity contribution in [1.82, 2.24) is 5.32 Å². The molecule has 0 saturated carbocycles. The Morgan fingerprint density at radius 1 is 1.41 bits per heavy atom. The van der Waals surface area contributed by atoms with Crippen LogP contribution in [0.25, 0.3) is 10.1 Å². The van der Waals surface area contributed by atoms with Gasteiger partial charge in [-0.15, -0.1) is 11.3 Å². The topological polar surface area (TPSA) is 12.0 Å².